The number of benzene rings is 2. The van der Waals surface area contributed by atoms with Crippen LogP contribution in [0.15, 0.2) is 48.7 Å². The van der Waals surface area contributed by atoms with E-state index in [-0.39, 0.29) is 41.9 Å². The number of anilines is 2. The maximum Gasteiger partial charge on any atom is 0.308 e. The Balaban J connectivity index is 1.43. The molecule has 1 saturated carbocycles. The smallest absolute Gasteiger partial charge is 0.308 e. The molecule has 4 atom stereocenters. The van der Waals surface area contributed by atoms with Crippen molar-refractivity contribution in [3.05, 3.63) is 75.5 Å². The van der Waals surface area contributed by atoms with Crippen LogP contribution in [0, 0.1) is 17.2 Å². The van der Waals surface area contributed by atoms with E-state index in [0.717, 1.165) is 5.56 Å². The van der Waals surface area contributed by atoms with E-state index in [1.807, 2.05) is 0 Å². The summed E-state index contributed by atoms with van der Waals surface area (Å²) in [5.41, 5.74) is 0.364. The lowest BCUT2D eigenvalue weighted by Crippen LogP contribution is -2.48. The first-order valence-electron chi connectivity index (χ1n) is 14.0. The maximum atomic E-state index is 14.2. The highest BCUT2D eigenvalue weighted by molar-refractivity contribution is 6.35. The SMILES string of the molecule is COC(=O)[C@@H]1CCC(NC(=O)[C@H](C)NC(=O)c2cnc3n2[C@](C)(Cc2ccc(C#N)cc2)C(=O)N3c2cc(Cl)cc(Cl)c2)C1. The second kappa shape index (κ2) is 12.3. The minimum absolute atomic E-state index is 0.0754. The molecule has 13 heteroatoms. The third-order valence-corrected chi connectivity index (χ3v) is 8.56. The quantitative estimate of drug-likeness (QED) is 0.351. The number of nitriles is 1. The van der Waals surface area contributed by atoms with Crippen LogP contribution in [0.1, 0.15) is 54.7 Å². The van der Waals surface area contributed by atoms with Crippen LogP contribution in [0.4, 0.5) is 11.6 Å². The number of nitrogens with zero attached hydrogens (tertiary/aromatic N) is 4. The van der Waals surface area contributed by atoms with E-state index in [0.29, 0.717) is 40.6 Å². The van der Waals surface area contributed by atoms with Crippen LogP contribution in [0.2, 0.25) is 10.0 Å². The van der Waals surface area contributed by atoms with Crippen LogP contribution >= 0.6 is 23.2 Å². The number of amides is 3. The van der Waals surface area contributed by atoms with E-state index in [9.17, 15) is 24.4 Å². The van der Waals surface area contributed by atoms with Gasteiger partial charge >= 0.3 is 5.97 Å². The van der Waals surface area contributed by atoms with Gasteiger partial charge in [0.1, 0.15) is 17.3 Å². The fourth-order valence-electron chi connectivity index (χ4n) is 5.88. The van der Waals surface area contributed by atoms with E-state index in [1.54, 1.807) is 60.9 Å². The predicted molar refractivity (Wildman–Crippen MR) is 163 cm³/mol. The first kappa shape index (κ1) is 31.0. The number of ether oxygens (including phenoxy) is 1. The molecule has 1 unspecified atom stereocenters. The van der Waals surface area contributed by atoms with E-state index < -0.39 is 23.4 Å². The van der Waals surface area contributed by atoms with Gasteiger partial charge in [-0.05, 0) is 69.0 Å². The summed E-state index contributed by atoms with van der Waals surface area (Å²) in [6.45, 7) is 3.26. The van der Waals surface area contributed by atoms with Gasteiger partial charge in [0.15, 0.2) is 0 Å². The molecule has 2 aliphatic rings. The highest BCUT2D eigenvalue weighted by Crippen LogP contribution is 2.43. The molecule has 1 aliphatic heterocycles. The summed E-state index contributed by atoms with van der Waals surface area (Å²) < 4.78 is 6.37. The van der Waals surface area contributed by atoms with Crippen LogP contribution in [0.3, 0.4) is 0 Å². The molecule has 3 amide bonds. The molecular formula is C31H30Cl2N6O5. The van der Waals surface area contributed by atoms with Gasteiger partial charge in [-0.25, -0.2) is 9.88 Å². The average Bonchev–Trinajstić information content (AvgIpc) is 3.69. The largest absolute Gasteiger partial charge is 0.469 e. The molecule has 5 rings (SSSR count). The van der Waals surface area contributed by atoms with Crippen molar-refractivity contribution in [2.24, 2.45) is 5.92 Å². The summed E-state index contributed by atoms with van der Waals surface area (Å²) in [7, 11) is 1.34. The minimum Gasteiger partial charge on any atom is -0.469 e. The number of fused-ring (bicyclic) bond motifs is 1. The van der Waals surface area contributed by atoms with Crippen LogP contribution in [-0.4, -0.2) is 52.4 Å². The molecule has 2 aromatic carbocycles. The minimum atomic E-state index is -1.32. The second-order valence-corrected chi connectivity index (χ2v) is 12.1. The third kappa shape index (κ3) is 5.87. The Morgan fingerprint density at radius 3 is 2.48 bits per heavy atom. The fraction of sp³-hybridized carbons (Fsp3) is 0.355. The molecule has 1 aromatic heterocycles. The fourth-order valence-corrected chi connectivity index (χ4v) is 6.39. The van der Waals surface area contributed by atoms with Gasteiger partial charge in [0, 0.05) is 22.5 Å². The van der Waals surface area contributed by atoms with Crippen molar-refractivity contribution in [1.82, 2.24) is 20.2 Å². The standard InChI is InChI=1S/C31H30Cl2N6O5/c1-17(26(40)37-23-9-8-20(10-23)28(42)44-3)36-27(41)25-16-35-30-38(24-12-21(32)11-22(33)13-24)29(43)31(2,39(25)30)14-18-4-6-19(15-34)7-5-18/h4-7,11-13,16-17,20,23H,8-10,14H2,1-3H3,(H,36,41)(H,37,40)/t17-,20+,23?,31+/m0/s1. The molecule has 2 heterocycles. The third-order valence-electron chi connectivity index (χ3n) is 8.12. The molecule has 228 valence electrons. The number of carbonyl (C=O) groups excluding carboxylic acids is 4. The van der Waals surface area contributed by atoms with Crippen molar-refractivity contribution in [2.75, 3.05) is 12.0 Å². The number of imidazole rings is 1. The van der Waals surface area contributed by atoms with Gasteiger partial charge in [-0.1, -0.05) is 35.3 Å². The number of hydrogen-bond acceptors (Lipinski definition) is 7. The zero-order valence-corrected chi connectivity index (χ0v) is 25.8. The first-order valence-corrected chi connectivity index (χ1v) is 14.8. The molecule has 1 aliphatic carbocycles. The van der Waals surface area contributed by atoms with Gasteiger partial charge in [-0.2, -0.15) is 5.26 Å². The molecule has 11 nitrogen and oxygen atoms in total. The van der Waals surface area contributed by atoms with Crippen molar-refractivity contribution in [2.45, 2.75) is 57.2 Å². The van der Waals surface area contributed by atoms with Gasteiger partial charge in [0.2, 0.25) is 11.9 Å². The number of nitrogens with one attached hydrogen (secondary N) is 2. The molecule has 1 fully saturated rings. The van der Waals surface area contributed by atoms with E-state index in [2.05, 4.69) is 21.7 Å². The molecule has 0 radical (unpaired) electrons. The first-order chi connectivity index (χ1) is 20.9. The van der Waals surface area contributed by atoms with Crippen LogP contribution in [0.25, 0.3) is 0 Å². The summed E-state index contributed by atoms with van der Waals surface area (Å²) in [5.74, 6) is -1.76. The van der Waals surface area contributed by atoms with E-state index in [1.165, 1.54) is 18.2 Å². The van der Waals surface area contributed by atoms with Crippen LogP contribution < -0.4 is 15.5 Å². The van der Waals surface area contributed by atoms with Crippen LogP contribution in [0.5, 0.6) is 0 Å². The zero-order chi connectivity index (χ0) is 31.8. The Bertz CT molecular complexity index is 1660. The van der Waals surface area contributed by atoms with Crippen molar-refractivity contribution < 1.29 is 23.9 Å². The number of halogens is 2. The number of aromatic nitrogens is 2. The molecule has 2 N–H and O–H groups in total. The van der Waals surface area contributed by atoms with Crippen molar-refractivity contribution in [1.29, 1.82) is 5.26 Å². The topological polar surface area (TPSA) is 146 Å². The molecular weight excluding hydrogens is 607 g/mol. The van der Waals surface area contributed by atoms with Gasteiger partial charge in [0.25, 0.3) is 11.8 Å². The van der Waals surface area contributed by atoms with E-state index in [4.69, 9.17) is 27.9 Å². The monoisotopic (exact) mass is 636 g/mol. The number of rotatable bonds is 8. The lowest BCUT2D eigenvalue weighted by Gasteiger charge is -2.27. The lowest BCUT2D eigenvalue weighted by molar-refractivity contribution is -0.145. The van der Waals surface area contributed by atoms with Crippen molar-refractivity contribution >= 4 is 58.5 Å². The average molecular weight is 638 g/mol. The van der Waals surface area contributed by atoms with Gasteiger partial charge in [0.05, 0.1) is 36.5 Å². The highest BCUT2D eigenvalue weighted by atomic mass is 35.5. The molecule has 0 bridgehead atoms. The highest BCUT2D eigenvalue weighted by Gasteiger charge is 2.51. The summed E-state index contributed by atoms with van der Waals surface area (Å²) in [5, 5.41) is 15.5. The van der Waals surface area contributed by atoms with Crippen molar-refractivity contribution in [3.63, 3.8) is 0 Å². The molecule has 44 heavy (non-hydrogen) atoms. The predicted octanol–water partition coefficient (Wildman–Crippen LogP) is 4.27. The van der Waals surface area contributed by atoms with E-state index >= 15 is 0 Å². The Kier molecular flexibility index (Phi) is 8.68. The summed E-state index contributed by atoms with van der Waals surface area (Å²) >= 11 is 12.5. The normalized spacial score (nSPS) is 21.4. The zero-order valence-electron chi connectivity index (χ0n) is 24.3. The summed E-state index contributed by atoms with van der Waals surface area (Å²) in [4.78, 5) is 58.5. The molecule has 0 spiro atoms. The Morgan fingerprint density at radius 2 is 1.84 bits per heavy atom. The Hall–Kier alpha value is -4.40. The van der Waals surface area contributed by atoms with Gasteiger partial charge in [-0.15, -0.1) is 0 Å². The molecule has 0 saturated heterocycles. The van der Waals surface area contributed by atoms with Crippen LogP contribution in [-0.2, 0) is 31.1 Å². The van der Waals surface area contributed by atoms with Crippen molar-refractivity contribution in [3.8, 4) is 6.07 Å². The molecule has 3 aromatic rings. The Morgan fingerprint density at radius 1 is 1.16 bits per heavy atom. The maximum absolute atomic E-state index is 14.2. The Labute approximate surface area is 264 Å². The van der Waals surface area contributed by atoms with Gasteiger partial charge in [-0.3, -0.25) is 23.7 Å². The number of carbonyl (C=O) groups is 4. The number of esters is 1. The summed E-state index contributed by atoms with van der Waals surface area (Å²) in [6, 6.07) is 12.5. The number of hydrogen-bond donors (Lipinski definition) is 2. The number of methoxy groups -OCH3 is 1. The summed E-state index contributed by atoms with van der Waals surface area (Å²) in [6.07, 6.45) is 3.23. The van der Waals surface area contributed by atoms with Gasteiger partial charge < -0.3 is 15.4 Å². The lowest BCUT2D eigenvalue weighted by atomic mass is 9.91. The second-order valence-electron chi connectivity index (χ2n) is 11.2.